The van der Waals surface area contributed by atoms with Crippen molar-refractivity contribution in [3.63, 3.8) is 0 Å². The molecular weight excluding hydrogens is 320 g/mol. The predicted octanol–water partition coefficient (Wildman–Crippen LogP) is 5.04. The number of fused-ring (bicyclic) bond motifs is 3. The smallest absolute Gasteiger partial charge is 0.129 e. The van der Waals surface area contributed by atoms with Crippen LogP contribution in [0, 0.1) is 0 Å². The Morgan fingerprint density at radius 1 is 1.04 bits per heavy atom. The van der Waals surface area contributed by atoms with Crippen LogP contribution in [0.3, 0.4) is 0 Å². The van der Waals surface area contributed by atoms with E-state index in [-0.39, 0.29) is 5.92 Å². The molecule has 0 spiro atoms. The number of ether oxygens (including phenoxy) is 1. The lowest BCUT2D eigenvalue weighted by Gasteiger charge is -2.15. The van der Waals surface area contributed by atoms with Gasteiger partial charge in [-0.2, -0.15) is 0 Å². The second kappa shape index (κ2) is 6.17. The Balaban J connectivity index is 1.72. The zero-order valence-electron chi connectivity index (χ0n) is 13.1. The summed E-state index contributed by atoms with van der Waals surface area (Å²) in [5.74, 6) is 1.54. The highest BCUT2D eigenvalue weighted by atomic mass is 35.5. The molecule has 1 aliphatic rings. The molecule has 4 rings (SSSR count). The number of nitrogens with two attached hydrogens (primary N) is 1. The van der Waals surface area contributed by atoms with Crippen LogP contribution in [0.25, 0.3) is 10.8 Å². The van der Waals surface area contributed by atoms with Crippen LogP contribution in [0.15, 0.2) is 59.6 Å². The highest BCUT2D eigenvalue weighted by Crippen LogP contribution is 2.43. The van der Waals surface area contributed by atoms with Crippen LogP contribution in [0.5, 0.6) is 5.75 Å². The molecule has 0 fully saturated rings. The van der Waals surface area contributed by atoms with E-state index in [0.717, 1.165) is 33.5 Å². The van der Waals surface area contributed by atoms with Crippen molar-refractivity contribution in [2.75, 3.05) is 11.6 Å². The first-order chi connectivity index (χ1) is 11.8. The average Bonchev–Trinajstić information content (AvgIpc) is 3.04. The molecule has 2 N–H and O–H groups in total. The zero-order chi connectivity index (χ0) is 16.5. The van der Waals surface area contributed by atoms with Crippen molar-refractivity contribution in [1.29, 1.82) is 0 Å². The number of aliphatic imine (C=N–C) groups is 1. The first-order valence-electron chi connectivity index (χ1n) is 7.89. The van der Waals surface area contributed by atoms with Gasteiger partial charge in [0.05, 0.1) is 5.69 Å². The van der Waals surface area contributed by atoms with E-state index in [4.69, 9.17) is 22.1 Å². The van der Waals surface area contributed by atoms with Crippen LogP contribution in [0.2, 0.25) is 0 Å². The molecule has 4 heteroatoms. The van der Waals surface area contributed by atoms with E-state index in [9.17, 15) is 0 Å². The third-order valence-corrected chi connectivity index (χ3v) is 4.66. The monoisotopic (exact) mass is 336 g/mol. The first-order valence-corrected chi connectivity index (χ1v) is 8.42. The van der Waals surface area contributed by atoms with Crippen molar-refractivity contribution in [3.8, 4) is 5.75 Å². The van der Waals surface area contributed by atoms with Crippen molar-refractivity contribution < 1.29 is 4.74 Å². The van der Waals surface area contributed by atoms with E-state index in [0.29, 0.717) is 12.5 Å². The van der Waals surface area contributed by atoms with Crippen molar-refractivity contribution in [3.05, 3.63) is 65.7 Å². The van der Waals surface area contributed by atoms with Gasteiger partial charge in [0.25, 0.3) is 0 Å². The molecule has 0 unspecified atom stereocenters. The van der Waals surface area contributed by atoms with E-state index >= 15 is 0 Å². The maximum absolute atomic E-state index is 6.10. The Bertz CT molecular complexity index is 919. The molecule has 1 aliphatic heterocycles. The van der Waals surface area contributed by atoms with Crippen LogP contribution in [-0.4, -0.2) is 12.1 Å². The minimum atomic E-state index is 0.165. The number of anilines is 1. The Morgan fingerprint density at radius 2 is 1.79 bits per heavy atom. The molecule has 3 aromatic carbocycles. The molecule has 0 bridgehead atoms. The van der Waals surface area contributed by atoms with Gasteiger partial charge in [0.15, 0.2) is 0 Å². The van der Waals surface area contributed by atoms with E-state index in [1.54, 1.807) is 0 Å². The third kappa shape index (κ3) is 2.61. The predicted molar refractivity (Wildman–Crippen MR) is 101 cm³/mol. The summed E-state index contributed by atoms with van der Waals surface area (Å²) in [4.78, 5) is 4.52. The molecule has 3 aromatic rings. The lowest BCUT2D eigenvalue weighted by atomic mass is 9.95. The SMILES string of the molecule is Nc1ccc(COc2cc3c(c4ccccc24)[C@H](CCl)C=N3)cc1. The molecule has 0 aromatic heterocycles. The largest absolute Gasteiger partial charge is 0.488 e. The van der Waals surface area contributed by atoms with Gasteiger partial charge in [-0.15, -0.1) is 11.6 Å². The fourth-order valence-electron chi connectivity index (χ4n) is 3.10. The second-order valence-corrected chi connectivity index (χ2v) is 6.23. The number of nitrogens with zero attached hydrogens (tertiary/aromatic N) is 1. The number of hydrogen-bond donors (Lipinski definition) is 1. The molecule has 24 heavy (non-hydrogen) atoms. The summed E-state index contributed by atoms with van der Waals surface area (Å²) in [6.45, 7) is 0.492. The molecule has 3 nitrogen and oxygen atoms in total. The lowest BCUT2D eigenvalue weighted by molar-refractivity contribution is 0.310. The summed E-state index contributed by atoms with van der Waals surface area (Å²) < 4.78 is 6.09. The average molecular weight is 337 g/mol. The molecule has 120 valence electrons. The number of alkyl halides is 1. The number of halogens is 1. The van der Waals surface area contributed by atoms with Crippen LogP contribution in [0.4, 0.5) is 11.4 Å². The topological polar surface area (TPSA) is 47.6 Å². The van der Waals surface area contributed by atoms with Crippen LogP contribution >= 0.6 is 11.6 Å². The minimum absolute atomic E-state index is 0.165. The number of benzene rings is 3. The van der Waals surface area contributed by atoms with Gasteiger partial charge in [0.2, 0.25) is 0 Å². The molecular formula is C20H17ClN2O. The fraction of sp³-hybridized carbons (Fsp3) is 0.150. The molecule has 0 saturated carbocycles. The molecule has 1 atom stereocenters. The summed E-state index contributed by atoms with van der Waals surface area (Å²) in [5, 5.41) is 2.25. The third-order valence-electron chi connectivity index (χ3n) is 4.33. The quantitative estimate of drug-likeness (QED) is 0.536. The zero-order valence-corrected chi connectivity index (χ0v) is 13.8. The van der Waals surface area contributed by atoms with Gasteiger partial charge in [-0.3, -0.25) is 4.99 Å². The summed E-state index contributed by atoms with van der Waals surface area (Å²) >= 11 is 6.10. The summed E-state index contributed by atoms with van der Waals surface area (Å²) in [6, 6.07) is 18.0. The Kier molecular flexibility index (Phi) is 3.87. The van der Waals surface area contributed by atoms with Gasteiger partial charge >= 0.3 is 0 Å². The Hall–Kier alpha value is -2.52. The standard InChI is InChI=1S/C20H17ClN2O/c21-10-14-11-23-18-9-19(16-3-1-2-4-17(16)20(14)18)24-12-13-5-7-15(22)8-6-13/h1-9,11,14H,10,12,22H2/t14-/m1/s1. The molecule has 0 amide bonds. The van der Waals surface area contributed by atoms with Gasteiger partial charge in [-0.25, -0.2) is 0 Å². The lowest BCUT2D eigenvalue weighted by Crippen LogP contribution is -2.00. The molecule has 1 heterocycles. The molecule has 0 radical (unpaired) electrons. The van der Waals surface area contributed by atoms with Crippen molar-refractivity contribution in [1.82, 2.24) is 0 Å². The van der Waals surface area contributed by atoms with Crippen LogP contribution in [0.1, 0.15) is 17.0 Å². The maximum Gasteiger partial charge on any atom is 0.129 e. The minimum Gasteiger partial charge on any atom is -0.488 e. The molecule has 0 aliphatic carbocycles. The Morgan fingerprint density at radius 3 is 2.54 bits per heavy atom. The molecule has 0 saturated heterocycles. The number of rotatable bonds is 4. The van der Waals surface area contributed by atoms with Gasteiger partial charge < -0.3 is 10.5 Å². The highest BCUT2D eigenvalue weighted by Gasteiger charge is 2.23. The van der Waals surface area contributed by atoms with E-state index in [1.807, 2.05) is 48.7 Å². The van der Waals surface area contributed by atoms with Crippen molar-refractivity contribution in [2.24, 2.45) is 4.99 Å². The summed E-state index contributed by atoms with van der Waals surface area (Å²) in [7, 11) is 0. The van der Waals surface area contributed by atoms with Crippen molar-refractivity contribution >= 4 is 40.0 Å². The highest BCUT2D eigenvalue weighted by molar-refractivity contribution is 6.20. The van der Waals surface area contributed by atoms with Crippen LogP contribution < -0.4 is 10.5 Å². The van der Waals surface area contributed by atoms with E-state index < -0.39 is 0 Å². The Labute approximate surface area is 145 Å². The maximum atomic E-state index is 6.10. The summed E-state index contributed by atoms with van der Waals surface area (Å²) in [6.07, 6.45) is 1.92. The van der Waals surface area contributed by atoms with Gasteiger partial charge in [-0.05, 0) is 28.6 Å². The first kappa shape index (κ1) is 15.0. The number of nitrogen functional groups attached to an aromatic ring is 1. The van der Waals surface area contributed by atoms with E-state index in [1.165, 1.54) is 5.56 Å². The fourth-order valence-corrected chi connectivity index (χ4v) is 3.34. The summed E-state index contributed by atoms with van der Waals surface area (Å²) in [5.41, 5.74) is 9.71. The van der Waals surface area contributed by atoms with E-state index in [2.05, 4.69) is 17.1 Å². The normalized spacial score (nSPS) is 15.6. The van der Waals surface area contributed by atoms with Crippen molar-refractivity contribution in [2.45, 2.75) is 12.5 Å². The van der Waals surface area contributed by atoms with Crippen LogP contribution in [-0.2, 0) is 6.61 Å². The second-order valence-electron chi connectivity index (χ2n) is 5.92. The van der Waals surface area contributed by atoms with Gasteiger partial charge in [-0.1, -0.05) is 36.4 Å². The number of hydrogen-bond acceptors (Lipinski definition) is 3. The van der Waals surface area contributed by atoms with Gasteiger partial charge in [0.1, 0.15) is 12.4 Å². The van der Waals surface area contributed by atoms with Gasteiger partial charge in [0, 0.05) is 35.2 Å².